The Morgan fingerprint density at radius 1 is 1.03 bits per heavy atom. The summed E-state index contributed by atoms with van der Waals surface area (Å²) in [5.41, 5.74) is 2.67. The zero-order valence-corrected chi connectivity index (χ0v) is 18.8. The predicted octanol–water partition coefficient (Wildman–Crippen LogP) is 4.51. The molecule has 4 rings (SSSR count). The number of amides is 4. The number of halogens is 1. The van der Waals surface area contributed by atoms with Gasteiger partial charge in [0.2, 0.25) is 5.91 Å². The molecule has 1 fully saturated rings. The van der Waals surface area contributed by atoms with Crippen LogP contribution >= 0.6 is 0 Å². The van der Waals surface area contributed by atoms with Crippen molar-refractivity contribution < 1.29 is 23.5 Å². The fraction of sp³-hybridized carbons (Fsp3) is 0.192. The number of rotatable bonds is 7. The summed E-state index contributed by atoms with van der Waals surface area (Å²) in [5.74, 6) is -0.882. The van der Waals surface area contributed by atoms with Crippen molar-refractivity contribution in [3.8, 4) is 5.75 Å². The third kappa shape index (κ3) is 4.91. The number of ether oxygens (including phenoxy) is 1. The number of carbonyl (C=O) groups excluding carboxylic acids is 3. The molecule has 1 aliphatic heterocycles. The van der Waals surface area contributed by atoms with Crippen LogP contribution in [0.4, 0.5) is 20.6 Å². The molecule has 1 heterocycles. The summed E-state index contributed by atoms with van der Waals surface area (Å²) in [7, 11) is 1.50. The van der Waals surface area contributed by atoms with Crippen LogP contribution in [-0.2, 0) is 16.1 Å². The molecule has 34 heavy (non-hydrogen) atoms. The number of hydrogen-bond donors (Lipinski definition) is 1. The first-order valence-corrected chi connectivity index (χ1v) is 10.8. The summed E-state index contributed by atoms with van der Waals surface area (Å²) in [6, 6.07) is 18.1. The van der Waals surface area contributed by atoms with E-state index in [1.165, 1.54) is 36.3 Å². The van der Waals surface area contributed by atoms with Gasteiger partial charge in [-0.05, 0) is 48.9 Å². The van der Waals surface area contributed by atoms with E-state index in [9.17, 15) is 18.8 Å². The number of nitrogens with zero attached hydrogens (tertiary/aromatic N) is 2. The third-order valence-corrected chi connectivity index (χ3v) is 5.61. The van der Waals surface area contributed by atoms with Crippen LogP contribution in [0.2, 0.25) is 0 Å². The van der Waals surface area contributed by atoms with E-state index in [-0.39, 0.29) is 13.0 Å². The highest BCUT2D eigenvalue weighted by Crippen LogP contribution is 2.30. The summed E-state index contributed by atoms with van der Waals surface area (Å²) in [6.07, 6.45) is -0.242. The maximum Gasteiger partial charge on any atom is 0.332 e. The second kappa shape index (κ2) is 9.74. The summed E-state index contributed by atoms with van der Waals surface area (Å²) in [4.78, 5) is 42.0. The number of imide groups is 1. The molecule has 3 aromatic rings. The van der Waals surface area contributed by atoms with Crippen molar-refractivity contribution in [2.24, 2.45) is 0 Å². The Hall–Kier alpha value is -4.20. The second-order valence-electron chi connectivity index (χ2n) is 8.05. The lowest BCUT2D eigenvalue weighted by atomic mass is 10.1. The van der Waals surface area contributed by atoms with Gasteiger partial charge in [-0.15, -0.1) is 0 Å². The van der Waals surface area contributed by atoms with E-state index in [0.29, 0.717) is 17.1 Å². The topological polar surface area (TPSA) is 79.0 Å². The van der Waals surface area contributed by atoms with Gasteiger partial charge in [0.15, 0.2) is 0 Å². The van der Waals surface area contributed by atoms with Crippen molar-refractivity contribution >= 4 is 29.2 Å². The van der Waals surface area contributed by atoms with Gasteiger partial charge in [0, 0.05) is 18.3 Å². The third-order valence-electron chi connectivity index (χ3n) is 5.61. The first-order chi connectivity index (χ1) is 16.4. The van der Waals surface area contributed by atoms with Gasteiger partial charge in [0.05, 0.1) is 19.2 Å². The minimum absolute atomic E-state index is 0.166. The van der Waals surface area contributed by atoms with E-state index in [2.05, 4.69) is 5.32 Å². The van der Waals surface area contributed by atoms with Crippen molar-refractivity contribution in [1.82, 2.24) is 4.90 Å². The van der Waals surface area contributed by atoms with Gasteiger partial charge in [0.25, 0.3) is 5.91 Å². The van der Waals surface area contributed by atoms with Crippen molar-refractivity contribution in [3.05, 3.63) is 89.7 Å². The van der Waals surface area contributed by atoms with E-state index in [1.54, 1.807) is 24.3 Å². The standard InChI is InChI=1S/C26H24FN3O4/c1-17-6-8-18(9-7-17)16-29-23(15-24(31)28-20-12-10-19(27)11-13-20)25(32)30(26(29)33)21-4-3-5-22(14-21)34-2/h3-14,23H,15-16H2,1-2H3,(H,28,31). The molecular weight excluding hydrogens is 437 g/mol. The van der Waals surface area contributed by atoms with Gasteiger partial charge in [-0.1, -0.05) is 35.9 Å². The van der Waals surface area contributed by atoms with Crippen LogP contribution in [0.3, 0.4) is 0 Å². The number of anilines is 2. The molecule has 0 saturated carbocycles. The molecule has 0 aromatic heterocycles. The number of benzene rings is 3. The first kappa shape index (κ1) is 23.0. The minimum atomic E-state index is -1.000. The lowest BCUT2D eigenvalue weighted by molar-refractivity contribution is -0.124. The molecule has 1 saturated heterocycles. The van der Waals surface area contributed by atoms with Gasteiger partial charge in [0.1, 0.15) is 17.6 Å². The molecule has 0 aliphatic carbocycles. The van der Waals surface area contributed by atoms with Crippen molar-refractivity contribution in [2.45, 2.75) is 25.9 Å². The van der Waals surface area contributed by atoms with Gasteiger partial charge in [-0.2, -0.15) is 0 Å². The molecule has 1 atom stereocenters. The van der Waals surface area contributed by atoms with Crippen molar-refractivity contribution in [3.63, 3.8) is 0 Å². The van der Waals surface area contributed by atoms with Crippen LogP contribution in [0.1, 0.15) is 17.5 Å². The van der Waals surface area contributed by atoms with Crippen LogP contribution in [0.5, 0.6) is 5.75 Å². The summed E-state index contributed by atoms with van der Waals surface area (Å²) >= 11 is 0. The van der Waals surface area contributed by atoms with Crippen LogP contribution < -0.4 is 15.0 Å². The maximum atomic E-state index is 13.4. The quantitative estimate of drug-likeness (QED) is 0.525. The highest BCUT2D eigenvalue weighted by molar-refractivity contribution is 6.22. The fourth-order valence-electron chi connectivity index (χ4n) is 3.81. The molecule has 3 aromatic carbocycles. The molecule has 4 amide bonds. The monoisotopic (exact) mass is 461 g/mol. The smallest absolute Gasteiger partial charge is 0.332 e. The molecule has 1 N–H and O–H groups in total. The van der Waals surface area contributed by atoms with E-state index in [1.807, 2.05) is 31.2 Å². The zero-order valence-electron chi connectivity index (χ0n) is 18.8. The SMILES string of the molecule is COc1cccc(N2C(=O)C(CC(=O)Nc3ccc(F)cc3)N(Cc3ccc(C)cc3)C2=O)c1. The Labute approximate surface area is 196 Å². The molecule has 0 radical (unpaired) electrons. The van der Waals surface area contributed by atoms with Crippen LogP contribution in [-0.4, -0.2) is 35.9 Å². The molecule has 1 aliphatic rings. The first-order valence-electron chi connectivity index (χ1n) is 10.8. The summed E-state index contributed by atoms with van der Waals surface area (Å²) < 4.78 is 18.4. The van der Waals surface area contributed by atoms with Crippen molar-refractivity contribution in [1.29, 1.82) is 0 Å². The number of methoxy groups -OCH3 is 1. The Kier molecular flexibility index (Phi) is 6.58. The fourth-order valence-corrected chi connectivity index (χ4v) is 3.81. The molecule has 8 heteroatoms. The highest BCUT2D eigenvalue weighted by Gasteiger charge is 2.46. The van der Waals surface area contributed by atoms with Gasteiger partial charge in [-0.25, -0.2) is 14.1 Å². The lowest BCUT2D eigenvalue weighted by Gasteiger charge is -2.22. The molecule has 1 unspecified atom stereocenters. The summed E-state index contributed by atoms with van der Waals surface area (Å²) in [6.45, 7) is 2.13. The normalized spacial score (nSPS) is 15.6. The van der Waals surface area contributed by atoms with E-state index >= 15 is 0 Å². The Morgan fingerprint density at radius 2 is 1.74 bits per heavy atom. The Bertz CT molecular complexity index is 1210. The van der Waals surface area contributed by atoms with Crippen LogP contribution in [0, 0.1) is 12.7 Å². The highest BCUT2D eigenvalue weighted by atomic mass is 19.1. The van der Waals surface area contributed by atoms with Gasteiger partial charge >= 0.3 is 6.03 Å². The largest absolute Gasteiger partial charge is 0.497 e. The maximum absolute atomic E-state index is 13.4. The van der Waals surface area contributed by atoms with Crippen molar-refractivity contribution in [2.75, 3.05) is 17.3 Å². The summed E-state index contributed by atoms with van der Waals surface area (Å²) in [5, 5.41) is 2.66. The van der Waals surface area contributed by atoms with Gasteiger partial charge in [-0.3, -0.25) is 9.59 Å². The number of aryl methyl sites for hydroxylation is 1. The van der Waals surface area contributed by atoms with Crippen LogP contribution in [0.15, 0.2) is 72.8 Å². The number of carbonyl (C=O) groups is 3. The van der Waals surface area contributed by atoms with E-state index < -0.39 is 29.7 Å². The lowest BCUT2D eigenvalue weighted by Crippen LogP contribution is -2.37. The molecule has 0 spiro atoms. The number of nitrogens with one attached hydrogen (secondary N) is 1. The zero-order chi connectivity index (χ0) is 24.2. The van der Waals surface area contributed by atoms with E-state index in [4.69, 9.17) is 4.74 Å². The number of urea groups is 1. The minimum Gasteiger partial charge on any atom is -0.497 e. The van der Waals surface area contributed by atoms with Crippen LogP contribution in [0.25, 0.3) is 0 Å². The van der Waals surface area contributed by atoms with Gasteiger partial charge < -0.3 is 15.0 Å². The molecule has 7 nitrogen and oxygen atoms in total. The molecule has 174 valence electrons. The molecule has 0 bridgehead atoms. The second-order valence-corrected chi connectivity index (χ2v) is 8.05. The average Bonchev–Trinajstić information content (AvgIpc) is 3.05. The Morgan fingerprint density at radius 3 is 2.41 bits per heavy atom. The predicted molar refractivity (Wildman–Crippen MR) is 126 cm³/mol. The molecular formula is C26H24FN3O4. The Balaban J connectivity index is 1.61. The van der Waals surface area contributed by atoms with E-state index in [0.717, 1.165) is 16.0 Å². The number of hydrogen-bond acceptors (Lipinski definition) is 4. The average molecular weight is 461 g/mol.